The van der Waals surface area contributed by atoms with Crippen molar-refractivity contribution >= 4 is 0 Å². The highest BCUT2D eigenvalue weighted by Crippen LogP contribution is 2.56. The van der Waals surface area contributed by atoms with Gasteiger partial charge in [-0.15, -0.1) is 0 Å². The number of halogens is 3. The fourth-order valence-electron chi connectivity index (χ4n) is 2.44. The van der Waals surface area contributed by atoms with Crippen molar-refractivity contribution in [2.45, 2.75) is 24.9 Å². The fourth-order valence-corrected chi connectivity index (χ4v) is 2.44. The van der Waals surface area contributed by atoms with Crippen molar-refractivity contribution in [2.24, 2.45) is 5.92 Å². The van der Waals surface area contributed by atoms with Crippen LogP contribution in [0.2, 0.25) is 0 Å². The largest absolute Gasteiger partial charge is 0.416 e. The summed E-state index contributed by atoms with van der Waals surface area (Å²) >= 11 is 0. The zero-order valence-corrected chi connectivity index (χ0v) is 7.43. The molecule has 0 unspecified atom stereocenters. The lowest BCUT2D eigenvalue weighted by Crippen LogP contribution is -2.05. The van der Waals surface area contributed by atoms with Gasteiger partial charge in [0.25, 0.3) is 0 Å². The molecular weight excluding hydrogens is 189 g/mol. The summed E-state index contributed by atoms with van der Waals surface area (Å²) < 4.78 is 37.2. The van der Waals surface area contributed by atoms with Crippen molar-refractivity contribution in [1.82, 2.24) is 0 Å². The number of rotatable bonds is 0. The molecule has 1 aromatic rings. The molecule has 0 aliphatic heterocycles. The number of fused-ring (bicyclic) bond motifs is 3. The van der Waals surface area contributed by atoms with E-state index < -0.39 is 11.7 Å². The summed E-state index contributed by atoms with van der Waals surface area (Å²) in [5, 5.41) is 0. The topological polar surface area (TPSA) is 0 Å². The van der Waals surface area contributed by atoms with Crippen LogP contribution in [0.4, 0.5) is 13.2 Å². The third-order valence-electron chi connectivity index (χ3n) is 3.28. The molecule has 2 aliphatic carbocycles. The molecule has 2 atom stereocenters. The summed E-state index contributed by atoms with van der Waals surface area (Å²) in [6.45, 7) is 0. The van der Waals surface area contributed by atoms with Gasteiger partial charge in [-0.2, -0.15) is 13.2 Å². The number of hydrogen-bond acceptors (Lipinski definition) is 0. The smallest absolute Gasteiger partial charge is 0.166 e. The molecule has 3 rings (SSSR count). The molecule has 0 amide bonds. The van der Waals surface area contributed by atoms with Gasteiger partial charge < -0.3 is 0 Å². The molecule has 0 spiro atoms. The first-order valence-electron chi connectivity index (χ1n) is 4.76. The maximum absolute atomic E-state index is 12.4. The van der Waals surface area contributed by atoms with Gasteiger partial charge in [-0.05, 0) is 47.9 Å². The van der Waals surface area contributed by atoms with Crippen molar-refractivity contribution in [3.8, 4) is 0 Å². The molecule has 0 heterocycles. The standard InChI is InChI=1S/C11H9F3/c12-11(13,14)8-2-1-6-3-7-4-9(7)10(6)5-8/h1-2,5,7,9H,3-4H2/t7-,9+/m0/s1. The molecule has 0 saturated heterocycles. The van der Waals surface area contributed by atoms with E-state index in [0.29, 0.717) is 11.8 Å². The Hall–Kier alpha value is -0.990. The predicted octanol–water partition coefficient (Wildman–Crippen LogP) is 3.37. The van der Waals surface area contributed by atoms with E-state index in [1.54, 1.807) is 6.07 Å². The van der Waals surface area contributed by atoms with E-state index in [1.165, 1.54) is 12.1 Å². The average Bonchev–Trinajstić information content (AvgIpc) is 2.77. The van der Waals surface area contributed by atoms with Crippen LogP contribution in [-0.4, -0.2) is 0 Å². The Kier molecular flexibility index (Phi) is 1.38. The number of hydrogen-bond donors (Lipinski definition) is 0. The quantitative estimate of drug-likeness (QED) is 0.599. The van der Waals surface area contributed by atoms with Gasteiger partial charge >= 0.3 is 6.18 Å². The maximum Gasteiger partial charge on any atom is 0.416 e. The summed E-state index contributed by atoms with van der Waals surface area (Å²) in [5.74, 6) is 1.08. The average molecular weight is 198 g/mol. The van der Waals surface area contributed by atoms with Crippen LogP contribution in [0.25, 0.3) is 0 Å². The van der Waals surface area contributed by atoms with Crippen molar-refractivity contribution < 1.29 is 13.2 Å². The highest BCUT2D eigenvalue weighted by molar-refractivity contribution is 5.44. The Morgan fingerprint density at radius 3 is 2.71 bits per heavy atom. The van der Waals surface area contributed by atoms with E-state index in [-0.39, 0.29) is 0 Å². The second kappa shape index (κ2) is 2.33. The summed E-state index contributed by atoms with van der Waals surface area (Å²) in [7, 11) is 0. The predicted molar refractivity (Wildman–Crippen MR) is 46.0 cm³/mol. The minimum atomic E-state index is -4.19. The van der Waals surface area contributed by atoms with Crippen LogP contribution in [-0.2, 0) is 12.6 Å². The molecule has 0 radical (unpaired) electrons. The molecule has 3 heteroatoms. The van der Waals surface area contributed by atoms with Gasteiger partial charge in [0.05, 0.1) is 5.56 Å². The van der Waals surface area contributed by atoms with Crippen LogP contribution in [0.15, 0.2) is 18.2 Å². The highest BCUT2D eigenvalue weighted by atomic mass is 19.4. The van der Waals surface area contributed by atoms with Crippen LogP contribution < -0.4 is 0 Å². The Morgan fingerprint density at radius 1 is 1.21 bits per heavy atom. The molecule has 1 fully saturated rings. The lowest BCUT2D eigenvalue weighted by Gasteiger charge is -2.09. The van der Waals surface area contributed by atoms with Gasteiger partial charge in [0.15, 0.2) is 0 Å². The van der Waals surface area contributed by atoms with Crippen LogP contribution >= 0.6 is 0 Å². The number of alkyl halides is 3. The molecule has 1 saturated carbocycles. The first-order valence-corrected chi connectivity index (χ1v) is 4.76. The second-order valence-electron chi connectivity index (χ2n) is 4.22. The lowest BCUT2D eigenvalue weighted by molar-refractivity contribution is -0.137. The Morgan fingerprint density at radius 2 is 2.00 bits per heavy atom. The van der Waals surface area contributed by atoms with Gasteiger partial charge in [-0.1, -0.05) is 6.07 Å². The fraction of sp³-hybridized carbons (Fsp3) is 0.455. The minimum Gasteiger partial charge on any atom is -0.166 e. The zero-order chi connectivity index (χ0) is 9.92. The van der Waals surface area contributed by atoms with Crippen LogP contribution in [0.5, 0.6) is 0 Å². The molecule has 0 nitrogen and oxygen atoms in total. The van der Waals surface area contributed by atoms with E-state index >= 15 is 0 Å². The van der Waals surface area contributed by atoms with E-state index in [2.05, 4.69) is 0 Å². The normalized spacial score (nSPS) is 28.5. The Bertz CT molecular complexity index is 392. The first kappa shape index (κ1) is 8.33. The van der Waals surface area contributed by atoms with Gasteiger partial charge in [-0.25, -0.2) is 0 Å². The van der Waals surface area contributed by atoms with Gasteiger partial charge in [0.1, 0.15) is 0 Å². The molecule has 14 heavy (non-hydrogen) atoms. The molecular formula is C11H9F3. The number of benzene rings is 1. The molecule has 1 aromatic carbocycles. The van der Waals surface area contributed by atoms with Gasteiger partial charge in [0, 0.05) is 0 Å². The highest BCUT2D eigenvalue weighted by Gasteiger charge is 2.45. The third-order valence-corrected chi connectivity index (χ3v) is 3.28. The second-order valence-corrected chi connectivity index (χ2v) is 4.22. The third kappa shape index (κ3) is 1.08. The van der Waals surface area contributed by atoms with Gasteiger partial charge in [0.2, 0.25) is 0 Å². The summed E-state index contributed by atoms with van der Waals surface area (Å²) in [4.78, 5) is 0. The van der Waals surface area contributed by atoms with E-state index in [4.69, 9.17) is 0 Å². The summed E-state index contributed by atoms with van der Waals surface area (Å²) in [5.41, 5.74) is 1.58. The molecule has 74 valence electrons. The minimum absolute atomic E-state index is 0.437. The molecule has 2 aliphatic rings. The van der Waals surface area contributed by atoms with E-state index in [1.807, 2.05) is 0 Å². The van der Waals surface area contributed by atoms with Crippen LogP contribution in [0.1, 0.15) is 29.0 Å². The van der Waals surface area contributed by atoms with Gasteiger partial charge in [-0.3, -0.25) is 0 Å². The van der Waals surface area contributed by atoms with Crippen molar-refractivity contribution in [3.05, 3.63) is 34.9 Å². The van der Waals surface area contributed by atoms with E-state index in [0.717, 1.165) is 24.0 Å². The molecule has 0 N–H and O–H groups in total. The van der Waals surface area contributed by atoms with Crippen LogP contribution in [0.3, 0.4) is 0 Å². The van der Waals surface area contributed by atoms with Crippen LogP contribution in [0, 0.1) is 5.92 Å². The first-order chi connectivity index (χ1) is 6.55. The zero-order valence-electron chi connectivity index (χ0n) is 7.43. The molecule has 0 bridgehead atoms. The SMILES string of the molecule is FC(F)(F)c1ccc2c(c1)[C@@H]1C[C@@H]1C2. The Balaban J connectivity index is 2.07. The van der Waals surface area contributed by atoms with E-state index in [9.17, 15) is 13.2 Å². The van der Waals surface area contributed by atoms with Crippen molar-refractivity contribution in [3.63, 3.8) is 0 Å². The van der Waals surface area contributed by atoms with Crippen molar-refractivity contribution in [2.75, 3.05) is 0 Å². The maximum atomic E-state index is 12.4. The molecule has 0 aromatic heterocycles. The summed E-state index contributed by atoms with van der Waals surface area (Å²) in [6.07, 6.45) is -2.12. The Labute approximate surface area is 79.7 Å². The monoisotopic (exact) mass is 198 g/mol. The lowest BCUT2D eigenvalue weighted by atomic mass is 10.0. The summed E-state index contributed by atoms with van der Waals surface area (Å²) in [6, 6.07) is 4.18. The van der Waals surface area contributed by atoms with Crippen molar-refractivity contribution in [1.29, 1.82) is 0 Å².